The summed E-state index contributed by atoms with van der Waals surface area (Å²) >= 11 is 0. The minimum Gasteiger partial charge on any atom is -0.805 e. The first kappa shape index (κ1) is 10.8. The molecule has 0 aliphatic heterocycles. The molecule has 0 aliphatic rings. The van der Waals surface area contributed by atoms with E-state index >= 15 is 0 Å². The van der Waals surface area contributed by atoms with Gasteiger partial charge in [-0.2, -0.15) is 0 Å². The van der Waals surface area contributed by atoms with Gasteiger partial charge >= 0.3 is 5.03 Å². The summed E-state index contributed by atoms with van der Waals surface area (Å²) in [7, 11) is -1.49. The summed E-state index contributed by atoms with van der Waals surface area (Å²) in [6, 6.07) is 6.44. The molecule has 0 amide bonds. The number of nitrogens with zero attached hydrogens (tertiary/aromatic N) is 2. The van der Waals surface area contributed by atoms with Crippen LogP contribution in [0.15, 0.2) is 29.3 Å². The largest absolute Gasteiger partial charge is 0.805 e. The van der Waals surface area contributed by atoms with Crippen LogP contribution >= 0.6 is 0 Å². The Morgan fingerprint density at radius 1 is 1.38 bits per heavy atom. The Kier molecular flexibility index (Phi) is 2.51. The molecule has 1 aromatic carbocycles. The molecular weight excluding hydrogens is 228 g/mol. The molecule has 1 atom stereocenters. The molecule has 5 nitrogen and oxygen atoms in total. The van der Waals surface area contributed by atoms with Crippen molar-refractivity contribution in [2.24, 2.45) is 0 Å². The van der Waals surface area contributed by atoms with Crippen LogP contribution in [0.1, 0.15) is 5.69 Å². The van der Waals surface area contributed by atoms with E-state index in [1.165, 1.54) is 19.2 Å². The van der Waals surface area contributed by atoms with Gasteiger partial charge in [-0.05, 0) is 13.0 Å². The Morgan fingerprint density at radius 2 is 2.00 bits per heavy atom. The zero-order chi connectivity index (χ0) is 11.9. The number of aromatic nitrogens is 2. The van der Waals surface area contributed by atoms with Crippen molar-refractivity contribution in [1.29, 1.82) is 0 Å². The van der Waals surface area contributed by atoms with E-state index in [-0.39, 0.29) is 21.8 Å². The third-order valence-electron chi connectivity index (χ3n) is 2.39. The quantitative estimate of drug-likeness (QED) is 0.694. The minimum atomic E-state index is -1.49. The van der Waals surface area contributed by atoms with Crippen LogP contribution in [0.5, 0.6) is 0 Å². The highest BCUT2D eigenvalue weighted by molar-refractivity contribution is 7.84. The Morgan fingerprint density at radius 3 is 2.62 bits per heavy atom. The van der Waals surface area contributed by atoms with Crippen molar-refractivity contribution in [3.63, 3.8) is 0 Å². The lowest BCUT2D eigenvalue weighted by atomic mass is 10.3. The molecule has 84 valence electrons. The average Bonchev–Trinajstić information content (AvgIpc) is 2.26. The predicted octanol–water partition coefficient (Wildman–Crippen LogP) is 0.948. The van der Waals surface area contributed by atoms with Crippen LogP contribution in [-0.2, 0) is 10.8 Å². The van der Waals surface area contributed by atoms with E-state index in [9.17, 15) is 14.3 Å². The molecule has 16 heavy (non-hydrogen) atoms. The van der Waals surface area contributed by atoms with Crippen molar-refractivity contribution in [2.45, 2.75) is 11.9 Å². The molecule has 2 aromatic rings. The van der Waals surface area contributed by atoms with Crippen LogP contribution in [0, 0.1) is 17.0 Å². The molecule has 0 saturated carbocycles. The van der Waals surface area contributed by atoms with Gasteiger partial charge in [0.1, 0.15) is 16.3 Å². The van der Waals surface area contributed by atoms with E-state index in [0.717, 1.165) is 0 Å². The van der Waals surface area contributed by atoms with E-state index in [0.29, 0.717) is 9.16 Å². The van der Waals surface area contributed by atoms with Crippen molar-refractivity contribution < 1.29 is 8.64 Å². The molecule has 0 bridgehead atoms. The highest BCUT2D eigenvalue weighted by Gasteiger charge is 2.22. The maximum Gasteiger partial charge on any atom is 0.345 e. The number of hydrogen-bond donors (Lipinski definition) is 0. The van der Waals surface area contributed by atoms with Crippen LogP contribution in [-0.4, -0.2) is 15.2 Å². The molecule has 1 aromatic heterocycles. The summed E-state index contributed by atoms with van der Waals surface area (Å²) in [5, 5.41) is 11.8. The summed E-state index contributed by atoms with van der Waals surface area (Å²) in [5.41, 5.74) is 0.687. The monoisotopic (exact) mass is 238 g/mol. The fourth-order valence-electron chi connectivity index (χ4n) is 1.66. The molecule has 0 spiro atoms. The number of fused-ring (bicyclic) bond motifs is 1. The Hall–Kier alpha value is -1.69. The van der Waals surface area contributed by atoms with Crippen LogP contribution in [0.3, 0.4) is 0 Å². The molecule has 0 N–H and O–H groups in total. The molecule has 2 rings (SSSR count). The summed E-state index contributed by atoms with van der Waals surface area (Å²) in [4.78, 5) is 11.9. The van der Waals surface area contributed by atoms with Gasteiger partial charge in [0.15, 0.2) is 0 Å². The van der Waals surface area contributed by atoms with Crippen molar-refractivity contribution in [1.82, 2.24) is 4.73 Å². The molecule has 0 aliphatic carbocycles. The smallest absolute Gasteiger partial charge is 0.345 e. The number of benzene rings is 1. The highest BCUT2D eigenvalue weighted by atomic mass is 32.2. The van der Waals surface area contributed by atoms with Gasteiger partial charge in [0, 0.05) is 17.2 Å². The zero-order valence-electron chi connectivity index (χ0n) is 8.84. The number of rotatable bonds is 1. The van der Waals surface area contributed by atoms with Crippen LogP contribution in [0.2, 0.25) is 0 Å². The van der Waals surface area contributed by atoms with Gasteiger partial charge < -0.3 is 9.94 Å². The lowest BCUT2D eigenvalue weighted by Gasteiger charge is -2.15. The summed E-state index contributed by atoms with van der Waals surface area (Å²) < 4.78 is 12.6. The topological polar surface area (TPSA) is 68.0 Å². The lowest BCUT2D eigenvalue weighted by molar-refractivity contribution is -0.511. The van der Waals surface area contributed by atoms with Crippen LogP contribution in [0.4, 0.5) is 0 Å². The van der Waals surface area contributed by atoms with Gasteiger partial charge in [-0.3, -0.25) is 0 Å². The minimum absolute atomic E-state index is 0.00806. The normalized spacial score (nSPS) is 12.9. The fraction of sp³-hybridized carbons (Fsp3) is 0.200. The van der Waals surface area contributed by atoms with Crippen LogP contribution in [0.25, 0.3) is 11.0 Å². The molecule has 0 fully saturated rings. The van der Waals surface area contributed by atoms with Gasteiger partial charge in [0.05, 0.1) is 10.1 Å². The van der Waals surface area contributed by atoms with Crippen molar-refractivity contribution in [3.8, 4) is 0 Å². The second-order valence-corrected chi connectivity index (χ2v) is 4.72. The van der Waals surface area contributed by atoms with E-state index in [1.54, 1.807) is 18.2 Å². The predicted molar refractivity (Wildman–Crippen MR) is 61.1 cm³/mol. The highest BCUT2D eigenvalue weighted by Crippen LogP contribution is 2.14. The van der Waals surface area contributed by atoms with Crippen molar-refractivity contribution >= 4 is 21.8 Å². The first-order valence-electron chi connectivity index (χ1n) is 4.62. The Labute approximate surface area is 94.0 Å². The first-order valence-corrected chi connectivity index (χ1v) is 6.17. The Balaban J connectivity index is 3.07. The maximum absolute atomic E-state index is 11.9. The second kappa shape index (κ2) is 3.71. The standard InChI is InChI=1S/C10H10N2O3S/c1-7-10(16(2)15)12(14)9-6-4-3-5-8(9)11(7)13/h3-6H,1-2H3/t16-/m1/s1. The number of para-hydroxylation sites is 2. The maximum atomic E-state index is 11.9. The van der Waals surface area contributed by atoms with Gasteiger partial charge in [-0.25, -0.2) is 4.21 Å². The molecule has 1 heterocycles. The molecular formula is C10H10N2O3S. The Bertz CT molecular complexity index is 648. The van der Waals surface area contributed by atoms with E-state index in [2.05, 4.69) is 0 Å². The van der Waals surface area contributed by atoms with Gasteiger partial charge in [-0.15, -0.1) is 0 Å². The summed E-state index contributed by atoms with van der Waals surface area (Å²) in [5.74, 6) is 0. The molecule has 0 saturated heterocycles. The lowest BCUT2D eigenvalue weighted by Crippen LogP contribution is -2.27. The second-order valence-electron chi connectivity index (χ2n) is 3.42. The zero-order valence-corrected chi connectivity index (χ0v) is 9.65. The summed E-state index contributed by atoms with van der Waals surface area (Å²) in [6.45, 7) is 1.49. The fourth-order valence-corrected chi connectivity index (χ4v) is 2.49. The van der Waals surface area contributed by atoms with E-state index in [1.807, 2.05) is 0 Å². The number of hydrogen-bond acceptors (Lipinski definition) is 3. The molecule has 0 radical (unpaired) electrons. The van der Waals surface area contributed by atoms with Gasteiger partial charge in [0.2, 0.25) is 0 Å². The van der Waals surface area contributed by atoms with Crippen molar-refractivity contribution in [3.05, 3.63) is 40.1 Å². The molecule has 6 heteroatoms. The van der Waals surface area contributed by atoms with Crippen LogP contribution < -0.4 is 4.43 Å². The third kappa shape index (κ3) is 1.42. The SMILES string of the molecule is Cc1c([S@@](C)=O)[n+](=O)c2ccccc2n1[O-]. The van der Waals surface area contributed by atoms with Gasteiger partial charge in [-0.1, -0.05) is 12.1 Å². The van der Waals surface area contributed by atoms with E-state index in [4.69, 9.17) is 0 Å². The summed E-state index contributed by atoms with van der Waals surface area (Å²) in [6.07, 6.45) is 1.38. The average molecular weight is 238 g/mol. The van der Waals surface area contributed by atoms with Crippen molar-refractivity contribution in [2.75, 3.05) is 6.26 Å². The third-order valence-corrected chi connectivity index (χ3v) is 3.40. The molecule has 0 unspecified atom stereocenters. The van der Waals surface area contributed by atoms with Gasteiger partial charge in [0.25, 0.3) is 5.52 Å². The first-order chi connectivity index (χ1) is 7.54. The van der Waals surface area contributed by atoms with E-state index < -0.39 is 10.8 Å².